The molecule has 1 aliphatic rings. The van der Waals surface area contributed by atoms with Crippen molar-refractivity contribution in [1.29, 1.82) is 0 Å². The van der Waals surface area contributed by atoms with Gasteiger partial charge in [0.2, 0.25) is 0 Å². The average molecular weight is 730 g/mol. The number of hydrogen-bond donors (Lipinski definition) is 0. The third kappa shape index (κ3) is 6.09. The average Bonchev–Trinajstić information content (AvgIpc) is 2.93. The molecule has 1 aliphatic heterocycles. The fraction of sp³-hybridized carbons (Fsp3) is 0.188. The van der Waals surface area contributed by atoms with Gasteiger partial charge in [0.1, 0.15) is 0 Å². The first-order chi connectivity index (χ1) is 18.3. The van der Waals surface area contributed by atoms with Crippen molar-refractivity contribution >= 4 is 46.9 Å². The Morgan fingerprint density at radius 1 is 0.641 bits per heavy atom. The van der Waals surface area contributed by atoms with E-state index in [4.69, 9.17) is 25.3 Å². The number of hydrogen-bond acceptors (Lipinski definition) is 6. The number of benzene rings is 4. The van der Waals surface area contributed by atoms with Crippen molar-refractivity contribution < 1.29 is 30.7 Å². The molecule has 39 heavy (non-hydrogen) atoms. The molecule has 0 amide bonds. The van der Waals surface area contributed by atoms with E-state index in [1.165, 1.54) is 0 Å². The zero-order valence-electron chi connectivity index (χ0n) is 21.5. The maximum atomic E-state index is 12.3. The molecule has 4 nitrogen and oxygen atoms in total. The Hall–Kier alpha value is -3.05. The molecule has 4 aromatic carbocycles. The van der Waals surface area contributed by atoms with E-state index in [0.717, 1.165) is 44.8 Å². The molecule has 5 rings (SSSR count). The van der Waals surface area contributed by atoms with E-state index in [1.54, 1.807) is 0 Å². The van der Waals surface area contributed by atoms with Gasteiger partial charge in [0.25, 0.3) is 0 Å². The van der Waals surface area contributed by atoms with Crippen LogP contribution in [-0.4, -0.2) is 24.3 Å². The summed E-state index contributed by atoms with van der Waals surface area (Å²) >= 11 is 10.1. The standard InChI is InChI=1S/C32H28N2O2S2.Pt/c1-33-27-15-5-3-13-25(27)21-9-8-12-24(18-21)30(20-32(36)38)34(2)28-16-6-4-14-26(28)22-10-7-11-23(17-22)29(33)19-31(35)37;/h3-16,29-30H,19-20H2,1-2H3,(H,35,37)(H,36,38);/q-2;/p-2. The summed E-state index contributed by atoms with van der Waals surface area (Å²) in [6, 6.07) is 34.7. The van der Waals surface area contributed by atoms with E-state index in [1.807, 2.05) is 99.0 Å². The van der Waals surface area contributed by atoms with Crippen LogP contribution in [0, 0.1) is 12.1 Å². The van der Waals surface area contributed by atoms with Crippen molar-refractivity contribution in [3.05, 3.63) is 108 Å². The van der Waals surface area contributed by atoms with Crippen molar-refractivity contribution in [3.63, 3.8) is 0 Å². The van der Waals surface area contributed by atoms with Crippen LogP contribution in [0.4, 0.5) is 11.4 Å². The van der Waals surface area contributed by atoms with Gasteiger partial charge in [0.15, 0.2) is 0 Å². The molecule has 2 unspecified atom stereocenters. The third-order valence-corrected chi connectivity index (χ3v) is 7.49. The van der Waals surface area contributed by atoms with Crippen LogP contribution in [0.2, 0.25) is 0 Å². The first-order valence-corrected chi connectivity index (χ1v) is 13.2. The van der Waals surface area contributed by atoms with Crippen LogP contribution in [0.15, 0.2) is 84.9 Å². The Balaban J connectivity index is 0.00000353. The minimum Gasteiger partial charge on any atom is -0.742 e. The maximum absolute atomic E-state index is 12.3. The van der Waals surface area contributed by atoms with Gasteiger partial charge in [0.05, 0.1) is 0 Å². The Morgan fingerprint density at radius 3 is 1.41 bits per heavy atom. The summed E-state index contributed by atoms with van der Waals surface area (Å²) in [5.74, 6) is 0. The minimum atomic E-state index is -0.303. The van der Waals surface area contributed by atoms with Crippen LogP contribution < -0.4 is 9.80 Å². The molecule has 1 heterocycles. The molecule has 0 N–H and O–H groups in total. The predicted octanol–water partition coefficient (Wildman–Crippen LogP) is 6.21. The second-order valence-electron chi connectivity index (χ2n) is 9.48. The Kier molecular flexibility index (Phi) is 9.22. The Labute approximate surface area is 255 Å². The topological polar surface area (TPSA) is 40.6 Å². The molecule has 0 spiro atoms. The van der Waals surface area contributed by atoms with Gasteiger partial charge in [-0.05, 0) is 12.1 Å². The Bertz CT molecular complexity index is 1400. The van der Waals surface area contributed by atoms with E-state index in [2.05, 4.69) is 21.9 Å². The van der Waals surface area contributed by atoms with Gasteiger partial charge >= 0.3 is 0 Å². The molecule has 0 radical (unpaired) electrons. The summed E-state index contributed by atoms with van der Waals surface area (Å²) in [5, 5.41) is -0.603. The summed E-state index contributed by atoms with van der Waals surface area (Å²) in [6.45, 7) is 0. The molecule has 0 aromatic heterocycles. The molecule has 202 valence electrons. The van der Waals surface area contributed by atoms with Gasteiger partial charge < -0.3 is 44.6 Å². The van der Waals surface area contributed by atoms with Gasteiger partial charge in [0, 0.05) is 81.7 Å². The normalized spacial score (nSPS) is 16.3. The number of carbonyl (C=O) groups excluding carboxylic acids is 2. The molecule has 0 fully saturated rings. The van der Waals surface area contributed by atoms with Crippen molar-refractivity contribution in [2.45, 2.75) is 24.9 Å². The van der Waals surface area contributed by atoms with Crippen LogP contribution in [0.3, 0.4) is 0 Å². The largest absolute Gasteiger partial charge is 0.742 e. The van der Waals surface area contributed by atoms with Crippen molar-refractivity contribution in [2.24, 2.45) is 0 Å². The summed E-state index contributed by atoms with van der Waals surface area (Å²) in [7, 11) is 3.97. The van der Waals surface area contributed by atoms with Crippen LogP contribution in [-0.2, 0) is 55.9 Å². The molecule has 4 bridgehead atoms. The predicted molar refractivity (Wildman–Crippen MR) is 158 cm³/mol. The molecule has 0 saturated carbocycles. The van der Waals surface area contributed by atoms with E-state index < -0.39 is 0 Å². The maximum Gasteiger partial charge on any atom is 0.0413 e. The molecular weight excluding hydrogens is 704 g/mol. The zero-order valence-corrected chi connectivity index (χ0v) is 25.4. The second kappa shape index (κ2) is 12.4. The summed E-state index contributed by atoms with van der Waals surface area (Å²) < 4.78 is 0. The molecule has 0 saturated heterocycles. The third-order valence-electron chi connectivity index (χ3n) is 7.16. The molecular formula is C32H26N2O2PtS2-4. The van der Waals surface area contributed by atoms with E-state index in [0.29, 0.717) is 0 Å². The molecule has 0 aliphatic carbocycles. The van der Waals surface area contributed by atoms with E-state index in [9.17, 15) is 9.59 Å². The minimum absolute atomic E-state index is 0. The number of nitrogens with zero attached hydrogens (tertiary/aromatic N) is 2. The zero-order chi connectivity index (χ0) is 26.8. The number of rotatable bonds is 4. The fourth-order valence-electron chi connectivity index (χ4n) is 5.26. The summed E-state index contributed by atoms with van der Waals surface area (Å²) in [5.41, 5.74) is 7.38. The van der Waals surface area contributed by atoms with Crippen LogP contribution >= 0.6 is 0 Å². The van der Waals surface area contributed by atoms with Crippen LogP contribution in [0.1, 0.15) is 36.1 Å². The van der Waals surface area contributed by atoms with Crippen LogP contribution in [0.25, 0.3) is 22.3 Å². The first-order valence-electron chi connectivity index (χ1n) is 12.4. The number of fused-ring (bicyclic) bond motifs is 8. The first kappa shape index (κ1) is 28.9. The van der Waals surface area contributed by atoms with Gasteiger partial charge in [-0.3, -0.25) is 0 Å². The summed E-state index contributed by atoms with van der Waals surface area (Å²) in [6.07, 6.45) is 0.350. The van der Waals surface area contributed by atoms with Crippen molar-refractivity contribution in [3.8, 4) is 22.3 Å². The molecule has 7 heteroatoms. The van der Waals surface area contributed by atoms with E-state index >= 15 is 0 Å². The number of anilines is 2. The molecule has 4 aromatic rings. The number of carbonyl (C=O) groups is 2. The second-order valence-corrected chi connectivity index (χ2v) is 10.4. The van der Waals surface area contributed by atoms with Crippen LogP contribution in [0.5, 0.6) is 0 Å². The Morgan fingerprint density at radius 2 is 1.03 bits per heavy atom. The van der Waals surface area contributed by atoms with Crippen molar-refractivity contribution in [2.75, 3.05) is 23.9 Å². The van der Waals surface area contributed by atoms with Gasteiger partial charge in [-0.15, -0.1) is 70.8 Å². The SMILES string of the molecule is CN1c2ccccc2-c2[c-]c(ccc2)C(CC(=O)[S-])N(C)c2ccccc2-c2[c-]c(ccc2)C1CC(=O)[S-].[Pt]. The quantitative estimate of drug-likeness (QED) is 0.184. The fourth-order valence-corrected chi connectivity index (χ4v) is 5.57. The smallest absolute Gasteiger partial charge is 0.0413 e. The monoisotopic (exact) mass is 729 g/mol. The summed E-state index contributed by atoms with van der Waals surface area (Å²) in [4.78, 5) is 28.7. The molecule has 2 atom stereocenters. The van der Waals surface area contributed by atoms with E-state index in [-0.39, 0.29) is 56.2 Å². The number of para-hydroxylation sites is 2. The van der Waals surface area contributed by atoms with Gasteiger partial charge in [-0.1, -0.05) is 47.5 Å². The van der Waals surface area contributed by atoms with Crippen molar-refractivity contribution in [1.82, 2.24) is 0 Å². The van der Waals surface area contributed by atoms with Gasteiger partial charge in [-0.25, -0.2) is 0 Å². The van der Waals surface area contributed by atoms with Gasteiger partial charge in [-0.2, -0.15) is 0 Å².